The maximum atomic E-state index is 12.6. The van der Waals surface area contributed by atoms with E-state index < -0.39 is 12.0 Å². The molecule has 1 saturated heterocycles. The summed E-state index contributed by atoms with van der Waals surface area (Å²) in [5.41, 5.74) is 0. The Balaban J connectivity index is 1.92. The van der Waals surface area contributed by atoms with E-state index in [0.29, 0.717) is 17.8 Å². The smallest absolute Gasteiger partial charge is 0.326 e. The van der Waals surface area contributed by atoms with E-state index in [0.717, 1.165) is 22.9 Å². The number of piperidine rings is 1. The van der Waals surface area contributed by atoms with Crippen LogP contribution in [0.25, 0.3) is 10.1 Å². The number of hydrogen-bond donors (Lipinski definition) is 1. The molecule has 20 heavy (non-hydrogen) atoms. The van der Waals surface area contributed by atoms with Crippen molar-refractivity contribution in [1.82, 2.24) is 4.90 Å². The first-order valence-corrected chi connectivity index (χ1v) is 7.51. The van der Waals surface area contributed by atoms with E-state index in [1.54, 1.807) is 0 Å². The summed E-state index contributed by atoms with van der Waals surface area (Å²) in [6, 6.07) is 8.99. The first-order valence-electron chi connectivity index (χ1n) is 6.69. The van der Waals surface area contributed by atoms with Crippen molar-refractivity contribution in [2.24, 2.45) is 0 Å². The van der Waals surface area contributed by atoms with Crippen molar-refractivity contribution < 1.29 is 14.7 Å². The Morgan fingerprint density at radius 2 is 2.05 bits per heavy atom. The average molecular weight is 289 g/mol. The molecule has 3 rings (SSSR count). The highest BCUT2D eigenvalue weighted by Crippen LogP contribution is 2.28. The normalized spacial score (nSPS) is 19.2. The highest BCUT2D eigenvalue weighted by molar-refractivity contribution is 7.20. The van der Waals surface area contributed by atoms with E-state index in [-0.39, 0.29) is 5.91 Å². The van der Waals surface area contributed by atoms with Crippen LogP contribution in [0.4, 0.5) is 0 Å². The zero-order valence-corrected chi connectivity index (χ0v) is 11.7. The topological polar surface area (TPSA) is 57.6 Å². The summed E-state index contributed by atoms with van der Waals surface area (Å²) in [6.07, 6.45) is 2.29. The van der Waals surface area contributed by atoms with Crippen LogP contribution in [-0.4, -0.2) is 34.5 Å². The van der Waals surface area contributed by atoms with Crippen LogP contribution in [0.1, 0.15) is 28.9 Å². The van der Waals surface area contributed by atoms with E-state index in [2.05, 4.69) is 0 Å². The third-order valence-corrected chi connectivity index (χ3v) is 4.79. The molecule has 1 N–H and O–H groups in total. The van der Waals surface area contributed by atoms with Crippen molar-refractivity contribution in [3.05, 3.63) is 35.2 Å². The molecule has 1 amide bonds. The molecule has 0 spiro atoms. The van der Waals surface area contributed by atoms with Crippen molar-refractivity contribution in [1.29, 1.82) is 0 Å². The number of carbonyl (C=O) groups is 2. The van der Waals surface area contributed by atoms with Crippen LogP contribution < -0.4 is 0 Å². The number of carboxylic acid groups (broad SMARTS) is 1. The minimum atomic E-state index is -0.904. The number of nitrogens with zero attached hydrogens (tertiary/aromatic N) is 1. The molecule has 1 aromatic carbocycles. The third-order valence-electron chi connectivity index (χ3n) is 3.69. The van der Waals surface area contributed by atoms with Crippen LogP contribution in [0.15, 0.2) is 30.3 Å². The Bertz CT molecular complexity index is 631. The van der Waals surface area contributed by atoms with Gasteiger partial charge in [0.15, 0.2) is 0 Å². The van der Waals surface area contributed by atoms with Crippen molar-refractivity contribution in [2.45, 2.75) is 25.3 Å². The number of aliphatic carboxylic acids is 1. The van der Waals surface area contributed by atoms with Crippen molar-refractivity contribution in [2.75, 3.05) is 6.54 Å². The summed E-state index contributed by atoms with van der Waals surface area (Å²) in [5.74, 6) is -1.06. The maximum absolute atomic E-state index is 12.6. The predicted octanol–water partition coefficient (Wildman–Crippen LogP) is 2.98. The molecule has 1 aliphatic heterocycles. The summed E-state index contributed by atoms with van der Waals surface area (Å²) in [6.45, 7) is 0.532. The largest absolute Gasteiger partial charge is 0.480 e. The Hall–Kier alpha value is -1.88. The quantitative estimate of drug-likeness (QED) is 0.924. The molecule has 104 valence electrons. The Kier molecular flexibility index (Phi) is 3.44. The summed E-state index contributed by atoms with van der Waals surface area (Å²) in [7, 11) is 0. The first kappa shape index (κ1) is 13.1. The monoisotopic (exact) mass is 289 g/mol. The zero-order valence-electron chi connectivity index (χ0n) is 10.9. The number of benzene rings is 1. The number of amides is 1. The fourth-order valence-corrected chi connectivity index (χ4v) is 3.68. The molecule has 0 bridgehead atoms. The van der Waals surface area contributed by atoms with Crippen LogP contribution in [-0.2, 0) is 4.79 Å². The van der Waals surface area contributed by atoms with E-state index in [1.807, 2.05) is 30.3 Å². The highest BCUT2D eigenvalue weighted by Gasteiger charge is 2.33. The Morgan fingerprint density at radius 1 is 1.25 bits per heavy atom. The minimum absolute atomic E-state index is 0.154. The van der Waals surface area contributed by atoms with Gasteiger partial charge in [-0.05, 0) is 36.8 Å². The zero-order chi connectivity index (χ0) is 14.1. The summed E-state index contributed by atoms with van der Waals surface area (Å²) in [4.78, 5) is 26.0. The van der Waals surface area contributed by atoms with Gasteiger partial charge in [0.05, 0.1) is 4.88 Å². The van der Waals surface area contributed by atoms with Gasteiger partial charge in [0.2, 0.25) is 0 Å². The maximum Gasteiger partial charge on any atom is 0.326 e. The molecule has 0 saturated carbocycles. The van der Waals surface area contributed by atoms with Gasteiger partial charge in [0.1, 0.15) is 6.04 Å². The Labute approximate surface area is 120 Å². The van der Waals surface area contributed by atoms with Gasteiger partial charge in [-0.1, -0.05) is 18.2 Å². The molecular weight excluding hydrogens is 274 g/mol. The van der Waals surface area contributed by atoms with Crippen molar-refractivity contribution >= 4 is 33.3 Å². The molecule has 1 fully saturated rings. The van der Waals surface area contributed by atoms with Crippen molar-refractivity contribution in [3.63, 3.8) is 0 Å². The van der Waals surface area contributed by atoms with Gasteiger partial charge in [-0.2, -0.15) is 0 Å². The van der Waals surface area contributed by atoms with Gasteiger partial charge < -0.3 is 10.0 Å². The molecule has 1 unspecified atom stereocenters. The third kappa shape index (κ3) is 2.29. The number of rotatable bonds is 2. The van der Waals surface area contributed by atoms with Crippen LogP contribution in [0, 0.1) is 0 Å². The molecule has 1 atom stereocenters. The predicted molar refractivity (Wildman–Crippen MR) is 78.1 cm³/mol. The number of hydrogen-bond acceptors (Lipinski definition) is 3. The van der Waals surface area contributed by atoms with Crippen molar-refractivity contribution in [3.8, 4) is 0 Å². The van der Waals surface area contributed by atoms with Gasteiger partial charge in [0.25, 0.3) is 5.91 Å². The number of likely N-dealkylation sites (tertiary alicyclic amines) is 1. The lowest BCUT2D eigenvalue weighted by Gasteiger charge is -2.32. The molecule has 0 radical (unpaired) electrons. The fraction of sp³-hybridized carbons (Fsp3) is 0.333. The first-order chi connectivity index (χ1) is 9.66. The SMILES string of the molecule is O=C(O)C1CCCCN1C(=O)c1cc2ccccc2s1. The molecule has 2 aromatic rings. The second kappa shape index (κ2) is 5.25. The second-order valence-corrected chi connectivity index (χ2v) is 6.08. The number of thiophene rings is 1. The highest BCUT2D eigenvalue weighted by atomic mass is 32.1. The van der Waals surface area contributed by atoms with Gasteiger partial charge in [-0.3, -0.25) is 4.79 Å². The van der Waals surface area contributed by atoms with E-state index in [1.165, 1.54) is 16.2 Å². The lowest BCUT2D eigenvalue weighted by atomic mass is 10.0. The van der Waals surface area contributed by atoms with Gasteiger partial charge in [0, 0.05) is 11.2 Å². The lowest BCUT2D eigenvalue weighted by Crippen LogP contribution is -2.47. The summed E-state index contributed by atoms with van der Waals surface area (Å²) in [5, 5.41) is 10.3. The molecule has 1 aliphatic rings. The molecule has 4 nitrogen and oxygen atoms in total. The number of carboxylic acids is 1. The van der Waals surface area contributed by atoms with Crippen LogP contribution >= 0.6 is 11.3 Å². The number of carbonyl (C=O) groups excluding carboxylic acids is 1. The van der Waals surface area contributed by atoms with Crippen LogP contribution in [0.5, 0.6) is 0 Å². The standard InChI is InChI=1S/C15H15NO3S/c17-14(16-8-4-3-6-11(16)15(18)19)13-9-10-5-1-2-7-12(10)20-13/h1-2,5,7,9,11H,3-4,6,8H2,(H,18,19). The molecule has 0 aliphatic carbocycles. The summed E-state index contributed by atoms with van der Waals surface area (Å²) >= 11 is 1.43. The molecule has 5 heteroatoms. The second-order valence-electron chi connectivity index (χ2n) is 5.00. The van der Waals surface area contributed by atoms with Gasteiger partial charge in [-0.25, -0.2) is 4.79 Å². The van der Waals surface area contributed by atoms with Gasteiger partial charge >= 0.3 is 5.97 Å². The average Bonchev–Trinajstić information content (AvgIpc) is 2.90. The van der Waals surface area contributed by atoms with E-state index in [9.17, 15) is 14.7 Å². The van der Waals surface area contributed by atoms with E-state index >= 15 is 0 Å². The van der Waals surface area contributed by atoms with Crippen LogP contribution in [0.2, 0.25) is 0 Å². The lowest BCUT2D eigenvalue weighted by molar-refractivity contribution is -0.143. The molecule has 1 aromatic heterocycles. The summed E-state index contributed by atoms with van der Waals surface area (Å²) < 4.78 is 1.06. The van der Waals surface area contributed by atoms with Gasteiger partial charge in [-0.15, -0.1) is 11.3 Å². The Morgan fingerprint density at radius 3 is 2.80 bits per heavy atom. The van der Waals surface area contributed by atoms with Crippen LogP contribution in [0.3, 0.4) is 0 Å². The van der Waals surface area contributed by atoms with E-state index in [4.69, 9.17) is 0 Å². The number of fused-ring (bicyclic) bond motifs is 1. The fourth-order valence-electron chi connectivity index (χ4n) is 2.66. The minimum Gasteiger partial charge on any atom is -0.480 e. The molecular formula is C15H15NO3S. The molecule has 2 heterocycles.